The van der Waals surface area contributed by atoms with Crippen LogP contribution in [0.1, 0.15) is 56.0 Å². The van der Waals surface area contributed by atoms with Gasteiger partial charge in [0.25, 0.3) is 5.91 Å². The zero-order valence-corrected chi connectivity index (χ0v) is 17.4. The molecule has 1 aliphatic rings. The summed E-state index contributed by atoms with van der Waals surface area (Å²) in [6.07, 6.45) is 2.49. The predicted octanol–water partition coefficient (Wildman–Crippen LogP) is 5.59. The first-order valence-electron chi connectivity index (χ1n) is 10.00. The molecule has 1 heterocycles. The molecule has 0 bridgehead atoms. The first-order chi connectivity index (χ1) is 14.6. The molecule has 0 radical (unpaired) electrons. The molecule has 4 nitrogen and oxygen atoms in total. The summed E-state index contributed by atoms with van der Waals surface area (Å²) in [6, 6.07) is 15.8. The largest absolute Gasteiger partial charge is 0.462 e. The highest BCUT2D eigenvalue weighted by atomic mass is 32.1. The van der Waals surface area contributed by atoms with E-state index in [4.69, 9.17) is 4.74 Å². The van der Waals surface area contributed by atoms with Crippen LogP contribution in [0, 0.1) is 5.82 Å². The number of hydrogen-bond acceptors (Lipinski definition) is 4. The molecule has 154 valence electrons. The van der Waals surface area contributed by atoms with Crippen LogP contribution in [0.2, 0.25) is 0 Å². The zero-order valence-electron chi connectivity index (χ0n) is 16.6. The number of carbonyl (C=O) groups excluding carboxylic acids is 2. The van der Waals surface area contributed by atoms with E-state index in [-0.39, 0.29) is 12.2 Å². The van der Waals surface area contributed by atoms with Gasteiger partial charge in [0.2, 0.25) is 0 Å². The predicted molar refractivity (Wildman–Crippen MR) is 116 cm³/mol. The van der Waals surface area contributed by atoms with Gasteiger partial charge in [-0.2, -0.15) is 0 Å². The third kappa shape index (κ3) is 4.14. The minimum atomic E-state index is -0.482. The SMILES string of the molecule is CCOC(=O)c1c(NC(=O)c2cccc(F)c2)sc2c1CCC(c1ccccc1)C2. The minimum absolute atomic E-state index is 0.207. The smallest absolute Gasteiger partial charge is 0.341 e. The van der Waals surface area contributed by atoms with Crippen LogP contribution in [0.25, 0.3) is 0 Å². The van der Waals surface area contributed by atoms with Gasteiger partial charge in [0, 0.05) is 10.4 Å². The van der Waals surface area contributed by atoms with Gasteiger partial charge < -0.3 is 10.1 Å². The van der Waals surface area contributed by atoms with E-state index in [0.717, 1.165) is 29.7 Å². The lowest BCUT2D eigenvalue weighted by Gasteiger charge is -2.23. The van der Waals surface area contributed by atoms with E-state index in [1.807, 2.05) is 18.2 Å². The van der Waals surface area contributed by atoms with Crippen molar-refractivity contribution in [3.05, 3.63) is 87.5 Å². The fourth-order valence-corrected chi connectivity index (χ4v) is 5.22. The Bertz CT molecular complexity index is 1080. The maximum atomic E-state index is 13.5. The molecule has 1 amide bonds. The van der Waals surface area contributed by atoms with Gasteiger partial charge in [0.15, 0.2) is 0 Å². The monoisotopic (exact) mass is 423 g/mol. The van der Waals surface area contributed by atoms with Gasteiger partial charge in [0.1, 0.15) is 10.8 Å². The molecule has 1 atom stereocenters. The Labute approximate surface area is 178 Å². The van der Waals surface area contributed by atoms with Gasteiger partial charge in [-0.05, 0) is 61.4 Å². The number of ether oxygens (including phenoxy) is 1. The van der Waals surface area contributed by atoms with Crippen LogP contribution in [0.4, 0.5) is 9.39 Å². The highest BCUT2D eigenvalue weighted by Crippen LogP contribution is 2.43. The molecule has 1 aliphatic carbocycles. The van der Waals surface area contributed by atoms with Crippen LogP contribution in [0.3, 0.4) is 0 Å². The summed E-state index contributed by atoms with van der Waals surface area (Å²) < 4.78 is 18.8. The average molecular weight is 424 g/mol. The fourth-order valence-electron chi connectivity index (χ4n) is 3.91. The summed E-state index contributed by atoms with van der Waals surface area (Å²) >= 11 is 1.42. The molecule has 0 spiro atoms. The number of esters is 1. The molecule has 6 heteroatoms. The maximum Gasteiger partial charge on any atom is 0.341 e. The molecule has 1 aromatic heterocycles. The fraction of sp³-hybridized carbons (Fsp3) is 0.250. The molecule has 0 fully saturated rings. The number of carbonyl (C=O) groups is 2. The van der Waals surface area contributed by atoms with Crippen LogP contribution in [-0.2, 0) is 17.6 Å². The first-order valence-corrected chi connectivity index (χ1v) is 10.8. The molecule has 30 heavy (non-hydrogen) atoms. The highest BCUT2D eigenvalue weighted by molar-refractivity contribution is 7.17. The Morgan fingerprint density at radius 3 is 2.70 bits per heavy atom. The van der Waals surface area contributed by atoms with Gasteiger partial charge >= 0.3 is 5.97 Å². The van der Waals surface area contributed by atoms with E-state index in [2.05, 4.69) is 17.4 Å². The number of benzene rings is 2. The van der Waals surface area contributed by atoms with Crippen molar-refractivity contribution in [3.63, 3.8) is 0 Å². The number of thiophene rings is 1. The van der Waals surface area contributed by atoms with Crippen molar-refractivity contribution in [2.75, 3.05) is 11.9 Å². The second kappa shape index (κ2) is 8.79. The topological polar surface area (TPSA) is 55.4 Å². The minimum Gasteiger partial charge on any atom is -0.462 e. The number of amides is 1. The third-order valence-corrected chi connectivity index (χ3v) is 6.50. The van der Waals surface area contributed by atoms with E-state index < -0.39 is 17.7 Å². The standard InChI is InChI=1S/C24H22FNO3S/c1-2-29-24(28)21-19-12-11-16(15-7-4-3-5-8-15)14-20(19)30-23(21)26-22(27)17-9-6-10-18(25)13-17/h3-10,13,16H,2,11-12,14H2,1H3,(H,26,27). The Morgan fingerprint density at radius 2 is 1.97 bits per heavy atom. The van der Waals surface area contributed by atoms with Gasteiger partial charge in [-0.25, -0.2) is 9.18 Å². The summed E-state index contributed by atoms with van der Waals surface area (Å²) in [4.78, 5) is 26.5. The summed E-state index contributed by atoms with van der Waals surface area (Å²) in [7, 11) is 0. The van der Waals surface area contributed by atoms with Crippen LogP contribution >= 0.6 is 11.3 Å². The maximum absolute atomic E-state index is 13.5. The number of hydrogen-bond donors (Lipinski definition) is 1. The number of anilines is 1. The zero-order chi connectivity index (χ0) is 21.1. The summed E-state index contributed by atoms with van der Waals surface area (Å²) in [6.45, 7) is 2.01. The number of fused-ring (bicyclic) bond motifs is 1. The first kappa shape index (κ1) is 20.3. The Hall–Kier alpha value is -2.99. The second-order valence-electron chi connectivity index (χ2n) is 7.24. The molecule has 0 saturated carbocycles. The van der Waals surface area contributed by atoms with E-state index in [1.54, 1.807) is 13.0 Å². The van der Waals surface area contributed by atoms with E-state index in [0.29, 0.717) is 16.5 Å². The van der Waals surface area contributed by atoms with Gasteiger partial charge in [-0.3, -0.25) is 4.79 Å². The second-order valence-corrected chi connectivity index (χ2v) is 8.35. The molecule has 1 N–H and O–H groups in total. The van der Waals surface area contributed by atoms with E-state index in [9.17, 15) is 14.0 Å². The van der Waals surface area contributed by atoms with Crippen LogP contribution in [0.5, 0.6) is 0 Å². The summed E-state index contributed by atoms with van der Waals surface area (Å²) in [5, 5.41) is 3.29. The Kier molecular flexibility index (Phi) is 5.95. The van der Waals surface area contributed by atoms with Crippen molar-refractivity contribution < 1.29 is 18.7 Å². The quantitative estimate of drug-likeness (QED) is 0.545. The summed E-state index contributed by atoms with van der Waals surface area (Å²) in [5.41, 5.74) is 2.88. The van der Waals surface area contributed by atoms with Crippen molar-refractivity contribution in [2.24, 2.45) is 0 Å². The molecule has 0 aliphatic heterocycles. The van der Waals surface area contributed by atoms with Crippen molar-refractivity contribution in [1.29, 1.82) is 0 Å². The van der Waals surface area contributed by atoms with Gasteiger partial charge in [-0.15, -0.1) is 11.3 Å². The van der Waals surface area contributed by atoms with Crippen molar-refractivity contribution >= 4 is 28.2 Å². The van der Waals surface area contributed by atoms with Gasteiger partial charge in [0.05, 0.1) is 12.2 Å². The lowest BCUT2D eigenvalue weighted by molar-refractivity contribution is 0.0526. The normalized spacial score (nSPS) is 15.3. The number of nitrogens with one attached hydrogen (secondary N) is 1. The van der Waals surface area contributed by atoms with Crippen LogP contribution in [0.15, 0.2) is 54.6 Å². The lowest BCUT2D eigenvalue weighted by atomic mass is 9.83. The Balaban J connectivity index is 1.66. The third-order valence-electron chi connectivity index (χ3n) is 5.33. The van der Waals surface area contributed by atoms with E-state index >= 15 is 0 Å². The molecular formula is C24H22FNO3S. The number of halogens is 1. The van der Waals surface area contributed by atoms with Crippen molar-refractivity contribution in [3.8, 4) is 0 Å². The summed E-state index contributed by atoms with van der Waals surface area (Å²) in [5.74, 6) is -0.982. The van der Waals surface area contributed by atoms with Crippen molar-refractivity contribution in [1.82, 2.24) is 0 Å². The molecule has 3 aromatic rings. The Morgan fingerprint density at radius 1 is 1.17 bits per heavy atom. The molecule has 1 unspecified atom stereocenters. The lowest BCUT2D eigenvalue weighted by Crippen LogP contribution is -2.17. The molecule has 2 aromatic carbocycles. The van der Waals surface area contributed by atoms with Crippen molar-refractivity contribution in [2.45, 2.75) is 32.1 Å². The van der Waals surface area contributed by atoms with Gasteiger partial charge in [-0.1, -0.05) is 36.4 Å². The number of rotatable bonds is 5. The molecular weight excluding hydrogens is 401 g/mol. The van der Waals surface area contributed by atoms with Crippen LogP contribution in [-0.4, -0.2) is 18.5 Å². The van der Waals surface area contributed by atoms with E-state index in [1.165, 1.54) is 35.1 Å². The highest BCUT2D eigenvalue weighted by Gasteiger charge is 2.31. The van der Waals surface area contributed by atoms with Crippen LogP contribution < -0.4 is 5.32 Å². The average Bonchev–Trinajstić information content (AvgIpc) is 3.11. The molecule has 4 rings (SSSR count). The molecule has 0 saturated heterocycles.